The van der Waals surface area contributed by atoms with Crippen molar-refractivity contribution in [2.75, 3.05) is 16.8 Å². The molecule has 27 heavy (non-hydrogen) atoms. The van der Waals surface area contributed by atoms with Crippen LogP contribution in [0.4, 0.5) is 17.1 Å². The monoisotopic (exact) mass is 385 g/mol. The van der Waals surface area contributed by atoms with Gasteiger partial charge in [0.05, 0.1) is 10.2 Å². The van der Waals surface area contributed by atoms with Gasteiger partial charge in [-0.1, -0.05) is 6.07 Å². The molecule has 1 aliphatic rings. The van der Waals surface area contributed by atoms with E-state index in [9.17, 15) is 19.7 Å². The number of nitrogens with zero attached hydrogens (tertiary/aromatic N) is 2. The normalized spacial score (nSPS) is 14.9. The number of nitro benzene ring substituents is 1. The summed E-state index contributed by atoms with van der Waals surface area (Å²) in [5.41, 5.74) is 1.43. The summed E-state index contributed by atoms with van der Waals surface area (Å²) in [6, 6.07) is 13.3. The van der Waals surface area contributed by atoms with E-state index in [0.29, 0.717) is 18.7 Å². The minimum atomic E-state index is -0.456. The Morgan fingerprint density at radius 3 is 2.63 bits per heavy atom. The molecule has 0 aromatic heterocycles. The summed E-state index contributed by atoms with van der Waals surface area (Å²) in [5, 5.41) is 13.2. The molecule has 0 saturated carbocycles. The first-order valence-corrected chi connectivity index (χ1v) is 9.44. The van der Waals surface area contributed by atoms with Crippen molar-refractivity contribution >= 4 is 40.6 Å². The van der Waals surface area contributed by atoms with Gasteiger partial charge >= 0.3 is 0 Å². The molecule has 8 heteroatoms. The van der Waals surface area contributed by atoms with E-state index in [1.54, 1.807) is 36.1 Å². The molecule has 2 amide bonds. The van der Waals surface area contributed by atoms with E-state index in [1.165, 1.54) is 23.9 Å². The molecule has 1 heterocycles. The van der Waals surface area contributed by atoms with Crippen LogP contribution < -0.4 is 10.2 Å². The van der Waals surface area contributed by atoms with Crippen molar-refractivity contribution in [3.63, 3.8) is 0 Å². The lowest BCUT2D eigenvalue weighted by molar-refractivity contribution is -0.384. The van der Waals surface area contributed by atoms with Gasteiger partial charge in [0.1, 0.15) is 0 Å². The number of rotatable bonds is 6. The zero-order valence-corrected chi connectivity index (χ0v) is 15.6. The van der Waals surface area contributed by atoms with Gasteiger partial charge in [-0.15, -0.1) is 11.8 Å². The van der Waals surface area contributed by atoms with Crippen molar-refractivity contribution in [1.29, 1.82) is 0 Å². The Hall–Kier alpha value is -2.87. The number of thioether (sulfide) groups is 1. The number of nitrogens with one attached hydrogen (secondary N) is 1. The van der Waals surface area contributed by atoms with Gasteiger partial charge in [-0.3, -0.25) is 19.7 Å². The van der Waals surface area contributed by atoms with Gasteiger partial charge in [-0.25, -0.2) is 0 Å². The Labute approximate surface area is 160 Å². The van der Waals surface area contributed by atoms with E-state index in [0.717, 1.165) is 17.0 Å². The highest BCUT2D eigenvalue weighted by atomic mass is 32.2. The maximum atomic E-state index is 12.5. The maximum absolute atomic E-state index is 12.5. The molecule has 3 rings (SSSR count). The van der Waals surface area contributed by atoms with Gasteiger partial charge in [-0.2, -0.15) is 0 Å². The van der Waals surface area contributed by atoms with Crippen molar-refractivity contribution in [2.45, 2.75) is 29.9 Å². The molecule has 140 valence electrons. The Balaban J connectivity index is 1.62. The number of benzene rings is 2. The van der Waals surface area contributed by atoms with Crippen LogP contribution in [0.5, 0.6) is 0 Å². The second-order valence-corrected chi connectivity index (χ2v) is 7.61. The van der Waals surface area contributed by atoms with E-state index in [1.807, 2.05) is 12.1 Å². The molecule has 1 aliphatic heterocycles. The zero-order chi connectivity index (χ0) is 19.4. The minimum absolute atomic E-state index is 0.0183. The lowest BCUT2D eigenvalue weighted by atomic mass is 10.2. The third-order valence-electron chi connectivity index (χ3n) is 4.23. The number of anilines is 2. The van der Waals surface area contributed by atoms with Crippen LogP contribution in [0, 0.1) is 10.1 Å². The van der Waals surface area contributed by atoms with Gasteiger partial charge in [0, 0.05) is 41.4 Å². The molecule has 2 aromatic carbocycles. The molecule has 1 atom stereocenters. The highest BCUT2D eigenvalue weighted by molar-refractivity contribution is 8.00. The van der Waals surface area contributed by atoms with E-state index < -0.39 is 4.92 Å². The smallest absolute Gasteiger partial charge is 0.269 e. The van der Waals surface area contributed by atoms with Crippen molar-refractivity contribution in [2.24, 2.45) is 0 Å². The first kappa shape index (κ1) is 18.9. The summed E-state index contributed by atoms with van der Waals surface area (Å²) >= 11 is 1.32. The first-order valence-electron chi connectivity index (χ1n) is 8.56. The topological polar surface area (TPSA) is 92.5 Å². The fraction of sp³-hybridized carbons (Fsp3) is 0.263. The lowest BCUT2D eigenvalue weighted by Crippen LogP contribution is -2.25. The van der Waals surface area contributed by atoms with Crippen molar-refractivity contribution < 1.29 is 14.5 Å². The molecule has 0 aliphatic carbocycles. The zero-order valence-electron chi connectivity index (χ0n) is 14.8. The summed E-state index contributed by atoms with van der Waals surface area (Å²) < 4.78 is 0. The van der Waals surface area contributed by atoms with Crippen LogP contribution in [-0.2, 0) is 9.59 Å². The Morgan fingerprint density at radius 1 is 1.26 bits per heavy atom. The standard InChI is InChI=1S/C19H19N3O4S/c1-13(27-17-9-7-15(8-10-17)22(25)26)19(24)20-14-4-2-5-16(12-14)21-11-3-6-18(21)23/h2,4-5,7-10,12-13H,3,6,11H2,1H3,(H,20,24)/t13-/m1/s1. The molecule has 0 bridgehead atoms. The number of amides is 2. The first-order chi connectivity index (χ1) is 12.9. The molecule has 0 spiro atoms. The molecular weight excluding hydrogens is 366 g/mol. The van der Waals surface area contributed by atoms with Crippen LogP contribution in [0.1, 0.15) is 19.8 Å². The summed E-state index contributed by atoms with van der Waals surface area (Å²) in [4.78, 5) is 37.1. The number of nitro groups is 1. The highest BCUT2D eigenvalue weighted by Crippen LogP contribution is 2.27. The summed E-state index contributed by atoms with van der Waals surface area (Å²) in [6.07, 6.45) is 1.40. The maximum Gasteiger partial charge on any atom is 0.269 e. The van der Waals surface area contributed by atoms with Crippen LogP contribution in [0.25, 0.3) is 0 Å². The molecule has 0 unspecified atom stereocenters. The van der Waals surface area contributed by atoms with Crippen molar-refractivity contribution in [3.8, 4) is 0 Å². The number of carbonyl (C=O) groups excluding carboxylic acids is 2. The van der Waals surface area contributed by atoms with E-state index in [2.05, 4.69) is 5.32 Å². The molecule has 1 N–H and O–H groups in total. The average molecular weight is 385 g/mol. The largest absolute Gasteiger partial charge is 0.325 e. The fourth-order valence-corrected chi connectivity index (χ4v) is 3.69. The van der Waals surface area contributed by atoms with E-state index in [-0.39, 0.29) is 22.8 Å². The Morgan fingerprint density at radius 2 is 2.00 bits per heavy atom. The summed E-state index contributed by atoms with van der Waals surface area (Å²) in [6.45, 7) is 2.47. The van der Waals surface area contributed by atoms with Crippen LogP contribution in [0.3, 0.4) is 0 Å². The fourth-order valence-electron chi connectivity index (χ4n) is 2.82. The number of non-ortho nitro benzene ring substituents is 1. The van der Waals surface area contributed by atoms with Crippen LogP contribution >= 0.6 is 11.8 Å². The quantitative estimate of drug-likeness (QED) is 0.463. The van der Waals surface area contributed by atoms with E-state index >= 15 is 0 Å². The number of carbonyl (C=O) groups is 2. The molecular formula is C19H19N3O4S. The SMILES string of the molecule is C[C@@H](Sc1ccc([N+](=O)[O-])cc1)C(=O)Nc1cccc(N2CCCC2=O)c1. The predicted octanol–water partition coefficient (Wildman–Crippen LogP) is 3.84. The summed E-state index contributed by atoms with van der Waals surface area (Å²) in [5.74, 6) is -0.0798. The van der Waals surface area contributed by atoms with Crippen LogP contribution in [0.2, 0.25) is 0 Å². The molecule has 2 aromatic rings. The molecule has 7 nitrogen and oxygen atoms in total. The molecule has 0 radical (unpaired) electrons. The van der Waals surface area contributed by atoms with Gasteiger partial charge < -0.3 is 10.2 Å². The third kappa shape index (κ3) is 4.65. The minimum Gasteiger partial charge on any atom is -0.325 e. The number of hydrogen-bond donors (Lipinski definition) is 1. The predicted molar refractivity (Wildman–Crippen MR) is 105 cm³/mol. The second-order valence-electron chi connectivity index (χ2n) is 6.20. The Bertz CT molecular complexity index is 870. The molecule has 1 saturated heterocycles. The van der Waals surface area contributed by atoms with Crippen LogP contribution in [0.15, 0.2) is 53.4 Å². The van der Waals surface area contributed by atoms with Crippen molar-refractivity contribution in [3.05, 3.63) is 58.6 Å². The molecule has 1 fully saturated rings. The van der Waals surface area contributed by atoms with E-state index in [4.69, 9.17) is 0 Å². The van der Waals surface area contributed by atoms with Gasteiger partial charge in [-0.05, 0) is 43.7 Å². The third-order valence-corrected chi connectivity index (χ3v) is 5.34. The van der Waals surface area contributed by atoms with Gasteiger partial charge in [0.25, 0.3) is 5.69 Å². The van der Waals surface area contributed by atoms with Crippen LogP contribution in [-0.4, -0.2) is 28.5 Å². The number of hydrogen-bond acceptors (Lipinski definition) is 5. The Kier molecular flexibility index (Phi) is 5.75. The lowest BCUT2D eigenvalue weighted by Gasteiger charge is -2.17. The highest BCUT2D eigenvalue weighted by Gasteiger charge is 2.22. The second kappa shape index (κ2) is 8.22. The summed E-state index contributed by atoms with van der Waals surface area (Å²) in [7, 11) is 0. The van der Waals surface area contributed by atoms with Crippen molar-refractivity contribution in [1.82, 2.24) is 0 Å². The van der Waals surface area contributed by atoms with Gasteiger partial charge in [0.15, 0.2) is 0 Å². The van der Waals surface area contributed by atoms with Gasteiger partial charge in [0.2, 0.25) is 11.8 Å². The average Bonchev–Trinajstić information content (AvgIpc) is 3.08.